The molecule has 94 valence electrons. The van der Waals surface area contributed by atoms with E-state index in [1.165, 1.54) is 11.1 Å². The van der Waals surface area contributed by atoms with Crippen LogP contribution in [0, 0.1) is 5.92 Å². The molecule has 1 aliphatic rings. The van der Waals surface area contributed by atoms with Crippen molar-refractivity contribution in [2.45, 2.75) is 17.7 Å². The molecule has 2 unspecified atom stereocenters. The molecule has 3 heteroatoms. The van der Waals surface area contributed by atoms with Crippen LogP contribution in [0.2, 0.25) is 0 Å². The number of benzene rings is 1. The van der Waals surface area contributed by atoms with Gasteiger partial charge in [-0.05, 0) is 24.0 Å². The Hall–Kier alpha value is -0.380. The highest BCUT2D eigenvalue weighted by Gasteiger charge is 2.24. The molecule has 2 nitrogen and oxygen atoms in total. The van der Waals surface area contributed by atoms with Gasteiger partial charge in [0, 0.05) is 24.5 Å². The Morgan fingerprint density at radius 1 is 1.41 bits per heavy atom. The van der Waals surface area contributed by atoms with Crippen LogP contribution in [0.5, 0.6) is 0 Å². The summed E-state index contributed by atoms with van der Waals surface area (Å²) in [5.74, 6) is 0.611. The standard InChI is InChI=1S/C14H19BrO2/c1-16-8-6-11-2-4-12(5-3-11)14(15)13-7-9-17-10-13/h2-5,13-14H,6-10H2,1H3. The zero-order valence-electron chi connectivity index (χ0n) is 10.2. The normalized spacial score (nSPS) is 21.6. The first-order chi connectivity index (χ1) is 8.31. The zero-order valence-corrected chi connectivity index (χ0v) is 11.8. The molecule has 0 amide bonds. The molecule has 0 saturated carbocycles. The second-order valence-corrected chi connectivity index (χ2v) is 5.50. The molecule has 2 rings (SSSR count). The molecule has 0 N–H and O–H groups in total. The minimum atomic E-state index is 0.418. The lowest BCUT2D eigenvalue weighted by Gasteiger charge is -2.16. The molecule has 2 atom stereocenters. The van der Waals surface area contributed by atoms with Crippen LogP contribution in [0.1, 0.15) is 22.4 Å². The zero-order chi connectivity index (χ0) is 12.1. The average molecular weight is 299 g/mol. The second-order valence-electron chi connectivity index (χ2n) is 4.51. The molecule has 1 aromatic rings. The van der Waals surface area contributed by atoms with Crippen molar-refractivity contribution < 1.29 is 9.47 Å². The molecule has 1 heterocycles. The van der Waals surface area contributed by atoms with Gasteiger partial charge in [-0.15, -0.1) is 0 Å². The largest absolute Gasteiger partial charge is 0.384 e. The van der Waals surface area contributed by atoms with Crippen molar-refractivity contribution >= 4 is 15.9 Å². The number of ether oxygens (including phenoxy) is 2. The van der Waals surface area contributed by atoms with Crippen LogP contribution < -0.4 is 0 Å². The van der Waals surface area contributed by atoms with Crippen molar-refractivity contribution in [1.29, 1.82) is 0 Å². The van der Waals surface area contributed by atoms with E-state index in [-0.39, 0.29) is 0 Å². The van der Waals surface area contributed by atoms with E-state index < -0.39 is 0 Å². The first-order valence-corrected chi connectivity index (χ1v) is 7.02. The average Bonchev–Trinajstić information content (AvgIpc) is 2.90. The van der Waals surface area contributed by atoms with Crippen molar-refractivity contribution in [3.8, 4) is 0 Å². The summed E-state index contributed by atoms with van der Waals surface area (Å²) in [7, 11) is 1.74. The number of methoxy groups -OCH3 is 1. The Bertz CT molecular complexity index is 331. The molecule has 0 aromatic heterocycles. The van der Waals surface area contributed by atoms with Gasteiger partial charge in [-0.1, -0.05) is 40.2 Å². The second kappa shape index (κ2) is 6.53. The molecule has 0 radical (unpaired) electrons. The summed E-state index contributed by atoms with van der Waals surface area (Å²) in [5, 5.41) is 0. The van der Waals surface area contributed by atoms with Gasteiger partial charge in [0.2, 0.25) is 0 Å². The van der Waals surface area contributed by atoms with E-state index >= 15 is 0 Å². The summed E-state index contributed by atoms with van der Waals surface area (Å²) in [4.78, 5) is 0.418. The molecule has 0 aliphatic carbocycles. The van der Waals surface area contributed by atoms with Crippen LogP contribution in [0.4, 0.5) is 0 Å². The van der Waals surface area contributed by atoms with Gasteiger partial charge < -0.3 is 9.47 Å². The smallest absolute Gasteiger partial charge is 0.0509 e. The van der Waals surface area contributed by atoms with Gasteiger partial charge in [-0.3, -0.25) is 0 Å². The van der Waals surface area contributed by atoms with Gasteiger partial charge in [0.1, 0.15) is 0 Å². The fraction of sp³-hybridized carbons (Fsp3) is 0.571. The fourth-order valence-electron chi connectivity index (χ4n) is 2.14. The van der Waals surface area contributed by atoms with Crippen molar-refractivity contribution in [1.82, 2.24) is 0 Å². The van der Waals surface area contributed by atoms with Crippen LogP contribution in [0.15, 0.2) is 24.3 Å². The lowest BCUT2D eigenvalue weighted by atomic mass is 9.97. The maximum Gasteiger partial charge on any atom is 0.0509 e. The third-order valence-corrected chi connectivity index (χ3v) is 4.55. The summed E-state index contributed by atoms with van der Waals surface area (Å²) in [6.07, 6.45) is 2.14. The van der Waals surface area contributed by atoms with Crippen molar-refractivity contribution in [3.05, 3.63) is 35.4 Å². The van der Waals surface area contributed by atoms with E-state index in [1.54, 1.807) is 7.11 Å². The minimum Gasteiger partial charge on any atom is -0.384 e. The quantitative estimate of drug-likeness (QED) is 0.776. The molecule has 0 spiro atoms. The van der Waals surface area contributed by atoms with Gasteiger partial charge in [0.15, 0.2) is 0 Å². The molecular weight excluding hydrogens is 280 g/mol. The SMILES string of the molecule is COCCc1ccc(C(Br)C2CCOC2)cc1. The molecule has 1 saturated heterocycles. The van der Waals surface area contributed by atoms with E-state index in [0.29, 0.717) is 10.7 Å². The Morgan fingerprint density at radius 2 is 2.18 bits per heavy atom. The van der Waals surface area contributed by atoms with Gasteiger partial charge >= 0.3 is 0 Å². The summed E-state index contributed by atoms with van der Waals surface area (Å²) in [6.45, 7) is 2.56. The van der Waals surface area contributed by atoms with E-state index in [9.17, 15) is 0 Å². The van der Waals surface area contributed by atoms with Crippen LogP contribution >= 0.6 is 15.9 Å². The van der Waals surface area contributed by atoms with E-state index in [4.69, 9.17) is 9.47 Å². The summed E-state index contributed by atoms with van der Waals surface area (Å²) in [6, 6.07) is 8.81. The molecule has 1 fully saturated rings. The molecular formula is C14H19BrO2. The van der Waals surface area contributed by atoms with Gasteiger partial charge in [-0.25, -0.2) is 0 Å². The molecule has 0 bridgehead atoms. The van der Waals surface area contributed by atoms with Crippen LogP contribution in [-0.2, 0) is 15.9 Å². The lowest BCUT2D eigenvalue weighted by molar-refractivity contribution is 0.185. The van der Waals surface area contributed by atoms with E-state index in [2.05, 4.69) is 40.2 Å². The maximum atomic E-state index is 5.43. The number of rotatable bonds is 5. The molecule has 1 aromatic carbocycles. The van der Waals surface area contributed by atoms with Crippen molar-refractivity contribution in [2.24, 2.45) is 5.92 Å². The highest BCUT2D eigenvalue weighted by molar-refractivity contribution is 9.09. The first-order valence-electron chi connectivity index (χ1n) is 6.11. The molecule has 17 heavy (non-hydrogen) atoms. The topological polar surface area (TPSA) is 18.5 Å². The number of hydrogen-bond donors (Lipinski definition) is 0. The van der Waals surface area contributed by atoms with Crippen LogP contribution in [-0.4, -0.2) is 26.9 Å². The van der Waals surface area contributed by atoms with Gasteiger partial charge in [0.25, 0.3) is 0 Å². The summed E-state index contributed by atoms with van der Waals surface area (Å²) in [5.41, 5.74) is 2.68. The number of alkyl halides is 1. The van der Waals surface area contributed by atoms with Crippen molar-refractivity contribution in [3.63, 3.8) is 0 Å². The fourth-order valence-corrected chi connectivity index (χ4v) is 2.87. The minimum absolute atomic E-state index is 0.418. The Kier molecular flexibility index (Phi) is 5.01. The first kappa shape index (κ1) is 13.1. The third-order valence-electron chi connectivity index (χ3n) is 3.27. The monoisotopic (exact) mass is 298 g/mol. The Balaban J connectivity index is 1.96. The predicted molar refractivity (Wildman–Crippen MR) is 72.6 cm³/mol. The predicted octanol–water partition coefficient (Wildman–Crippen LogP) is 3.35. The number of hydrogen-bond acceptors (Lipinski definition) is 2. The van der Waals surface area contributed by atoms with E-state index in [0.717, 1.165) is 32.7 Å². The van der Waals surface area contributed by atoms with Crippen LogP contribution in [0.3, 0.4) is 0 Å². The Labute approximate surface area is 111 Å². The third kappa shape index (κ3) is 3.54. The summed E-state index contributed by atoms with van der Waals surface area (Å²) < 4.78 is 10.5. The van der Waals surface area contributed by atoms with E-state index in [1.807, 2.05) is 0 Å². The lowest BCUT2D eigenvalue weighted by Crippen LogP contribution is -2.07. The number of halogens is 1. The summed E-state index contributed by atoms with van der Waals surface area (Å²) >= 11 is 3.79. The van der Waals surface area contributed by atoms with Gasteiger partial charge in [-0.2, -0.15) is 0 Å². The molecule has 1 aliphatic heterocycles. The van der Waals surface area contributed by atoms with Gasteiger partial charge in [0.05, 0.1) is 13.2 Å². The van der Waals surface area contributed by atoms with Crippen molar-refractivity contribution in [2.75, 3.05) is 26.9 Å². The highest BCUT2D eigenvalue weighted by atomic mass is 79.9. The maximum absolute atomic E-state index is 5.43. The van der Waals surface area contributed by atoms with Crippen LogP contribution in [0.25, 0.3) is 0 Å². The Morgan fingerprint density at radius 3 is 2.76 bits per heavy atom. The highest BCUT2D eigenvalue weighted by Crippen LogP contribution is 2.35.